The zero-order valence-electron chi connectivity index (χ0n) is 36.4. The van der Waals surface area contributed by atoms with Gasteiger partial charge in [-0.3, -0.25) is 18.2 Å². The van der Waals surface area contributed by atoms with Gasteiger partial charge in [0, 0.05) is 50.2 Å². The number of rotatable bonds is 20. The lowest BCUT2D eigenvalue weighted by atomic mass is 9.79. The standard InChI is InChI=1S/C44H51NO15S6/c1-43(2)37(35(9-5-7-25-63(47,48)49)36-20-19-34(28-38(36)43)66(56,57)58)21-12-29-10-11-30(42(29)61-31-14-17-33(18-15-31)65(53,54)55)13-23-41-44(3,4)39-27-32(62-60-59-46)16-22-40(39)45(41)24-6-8-26-64(50,51)52/h12-23,27-28,35H,5-11,24-26H2,1-4H3,(H4-,46,47,48,49,50,51,52,53,54,55,56,57,58)/p+1/b23-13?,29-12?,37-21-. The van der Waals surface area contributed by atoms with Gasteiger partial charge in [-0.25, -0.2) is 5.26 Å². The zero-order valence-corrected chi connectivity index (χ0v) is 41.3. The minimum Gasteiger partial charge on any atom is -0.286 e. The molecular weight excluding hydrogens is 975 g/mol. The lowest BCUT2D eigenvalue weighted by Crippen LogP contribution is -2.28. The molecular formula is C44H52NO15S6+. The molecule has 1 unspecified atom stereocenters. The van der Waals surface area contributed by atoms with Crippen molar-refractivity contribution < 1.29 is 71.1 Å². The van der Waals surface area contributed by atoms with Crippen LogP contribution in [-0.4, -0.2) is 85.5 Å². The van der Waals surface area contributed by atoms with E-state index in [0.717, 1.165) is 56.2 Å². The Kier molecular flexibility index (Phi) is 15.9. The number of nitrogens with zero attached hydrogens (tertiary/aromatic N) is 1. The third kappa shape index (κ3) is 12.4. The van der Waals surface area contributed by atoms with Crippen LogP contribution in [0, 0.1) is 0 Å². The first-order valence-corrected chi connectivity index (χ1v) is 28.4. The number of benzene rings is 3. The molecule has 0 saturated carbocycles. The van der Waals surface area contributed by atoms with E-state index < -0.39 is 57.1 Å². The van der Waals surface area contributed by atoms with E-state index >= 15 is 0 Å². The number of fused-ring (bicyclic) bond motifs is 2. The highest BCUT2D eigenvalue weighted by Crippen LogP contribution is 2.53. The predicted molar refractivity (Wildman–Crippen MR) is 252 cm³/mol. The average molecular weight is 1030 g/mol. The van der Waals surface area contributed by atoms with E-state index in [1.807, 2.05) is 64.1 Å². The molecule has 3 aromatic carbocycles. The van der Waals surface area contributed by atoms with Crippen molar-refractivity contribution >= 4 is 75.7 Å². The normalized spacial score (nSPS) is 19.7. The second kappa shape index (κ2) is 20.2. The summed E-state index contributed by atoms with van der Waals surface area (Å²) in [5, 5.41) is 12.6. The quantitative estimate of drug-likeness (QED) is 0.0177. The third-order valence-corrected chi connectivity index (χ3v) is 17.3. The molecule has 6 rings (SSSR count). The van der Waals surface area contributed by atoms with Crippen LogP contribution >= 0.6 is 23.8 Å². The minimum absolute atomic E-state index is 0.203. The second-order valence-corrected chi connectivity index (χ2v) is 25.1. The number of unbranched alkanes of at least 4 members (excludes halogenated alkanes) is 2. The second-order valence-electron chi connectivity index (χ2n) is 17.3. The molecule has 1 atom stereocenters. The van der Waals surface area contributed by atoms with Gasteiger partial charge in [0.1, 0.15) is 6.54 Å². The Balaban J connectivity index is 1.45. The van der Waals surface area contributed by atoms with Crippen molar-refractivity contribution in [2.75, 3.05) is 18.1 Å². The van der Waals surface area contributed by atoms with E-state index in [-0.39, 0.29) is 34.3 Å². The van der Waals surface area contributed by atoms with E-state index in [9.17, 15) is 51.9 Å². The Morgan fingerprint density at radius 1 is 0.697 bits per heavy atom. The molecule has 66 heavy (non-hydrogen) atoms. The SMILES string of the molecule is CC1(C)C(C=CC2=C(Sc3ccc(S(=O)(=O)O)cc3)C(=C/C=C3/C(CCCCS(=O)(=O)O)c4ccc(S(=O)(=O)O)cc4C3(C)C)CC2)=[N+](CCCCS(=O)(=O)O)c2ccc(SOOO)cc21. The molecule has 2 aliphatic carbocycles. The van der Waals surface area contributed by atoms with Crippen LogP contribution in [0.25, 0.3) is 0 Å². The smallest absolute Gasteiger partial charge is 0.286 e. The van der Waals surface area contributed by atoms with Crippen molar-refractivity contribution in [3.8, 4) is 0 Å². The first-order chi connectivity index (χ1) is 30.7. The van der Waals surface area contributed by atoms with Gasteiger partial charge in [0.25, 0.3) is 40.5 Å². The van der Waals surface area contributed by atoms with Gasteiger partial charge in [0.2, 0.25) is 5.69 Å². The molecule has 16 nitrogen and oxygen atoms in total. The Morgan fingerprint density at radius 3 is 1.94 bits per heavy atom. The molecule has 0 spiro atoms. The van der Waals surface area contributed by atoms with Crippen LogP contribution in [0.2, 0.25) is 0 Å². The molecule has 0 fully saturated rings. The molecule has 0 radical (unpaired) electrons. The molecule has 0 amide bonds. The summed E-state index contributed by atoms with van der Waals surface area (Å²) >= 11 is 2.23. The fourth-order valence-electron chi connectivity index (χ4n) is 8.94. The fourth-order valence-corrected chi connectivity index (χ4v) is 12.6. The fraction of sp³-hybridized carbons (Fsp3) is 0.386. The van der Waals surface area contributed by atoms with Crippen molar-refractivity contribution in [1.82, 2.24) is 0 Å². The monoisotopic (exact) mass is 1030 g/mol. The van der Waals surface area contributed by atoms with Crippen molar-refractivity contribution in [3.05, 3.63) is 123 Å². The van der Waals surface area contributed by atoms with Crippen molar-refractivity contribution in [3.63, 3.8) is 0 Å². The summed E-state index contributed by atoms with van der Waals surface area (Å²) in [6.45, 7) is 8.43. The third-order valence-electron chi connectivity index (χ3n) is 12.2. The maximum atomic E-state index is 12.2. The molecule has 358 valence electrons. The van der Waals surface area contributed by atoms with Gasteiger partial charge in [-0.15, -0.1) is 4.33 Å². The van der Waals surface area contributed by atoms with Crippen LogP contribution in [0.5, 0.6) is 0 Å². The first-order valence-electron chi connectivity index (χ1n) is 20.8. The molecule has 1 aliphatic heterocycles. The highest BCUT2D eigenvalue weighted by atomic mass is 32.2. The lowest BCUT2D eigenvalue weighted by molar-refractivity contribution is -0.438. The van der Waals surface area contributed by atoms with Gasteiger partial charge < -0.3 is 0 Å². The predicted octanol–water partition coefficient (Wildman–Crippen LogP) is 9.03. The highest BCUT2D eigenvalue weighted by Gasteiger charge is 2.45. The van der Waals surface area contributed by atoms with Crippen LogP contribution in [-0.2, 0) is 60.7 Å². The largest absolute Gasteiger partial charge is 0.294 e. The summed E-state index contributed by atoms with van der Waals surface area (Å²) in [5.74, 6) is -1.05. The zero-order chi connectivity index (χ0) is 48.5. The molecule has 0 saturated heterocycles. The maximum Gasteiger partial charge on any atom is 0.294 e. The van der Waals surface area contributed by atoms with Crippen LogP contribution in [0.3, 0.4) is 0 Å². The van der Waals surface area contributed by atoms with Gasteiger partial charge in [-0.1, -0.05) is 66.9 Å². The topological polar surface area (TPSA) is 259 Å². The molecule has 5 N–H and O–H groups in total. The molecule has 1 heterocycles. The van der Waals surface area contributed by atoms with Gasteiger partial charge in [0.15, 0.2) is 5.71 Å². The summed E-state index contributed by atoms with van der Waals surface area (Å²) < 4.78 is 140. The molecule has 22 heteroatoms. The van der Waals surface area contributed by atoms with E-state index in [0.29, 0.717) is 54.0 Å². The summed E-state index contributed by atoms with van der Waals surface area (Å²) in [7, 11) is -17.3. The Morgan fingerprint density at radius 2 is 1.32 bits per heavy atom. The summed E-state index contributed by atoms with van der Waals surface area (Å²) in [4.78, 5) is 1.71. The Hall–Kier alpha value is -3.49. The van der Waals surface area contributed by atoms with Crippen molar-refractivity contribution in [1.29, 1.82) is 0 Å². The highest BCUT2D eigenvalue weighted by molar-refractivity contribution is 8.03. The molecule has 3 aliphatic rings. The van der Waals surface area contributed by atoms with Gasteiger partial charge in [-0.2, -0.15) is 38.2 Å². The van der Waals surface area contributed by atoms with Gasteiger partial charge in [-0.05, 0) is 117 Å². The first kappa shape index (κ1) is 51.9. The van der Waals surface area contributed by atoms with Gasteiger partial charge in [0.05, 0.1) is 38.8 Å². The number of thioether (sulfide) groups is 1. The van der Waals surface area contributed by atoms with E-state index in [1.54, 1.807) is 24.3 Å². The van der Waals surface area contributed by atoms with E-state index in [1.165, 1.54) is 36.0 Å². The van der Waals surface area contributed by atoms with Crippen LogP contribution in [0.1, 0.15) is 95.2 Å². The van der Waals surface area contributed by atoms with Crippen LogP contribution in [0.4, 0.5) is 5.69 Å². The number of hydrogen-bond acceptors (Lipinski definition) is 13. The summed E-state index contributed by atoms with van der Waals surface area (Å²) in [6, 6.07) is 15.9. The summed E-state index contributed by atoms with van der Waals surface area (Å²) in [6.07, 6.45) is 11.1. The maximum absolute atomic E-state index is 12.2. The summed E-state index contributed by atoms with van der Waals surface area (Å²) in [5.41, 5.74) is 5.72. The Bertz CT molecular complexity index is 2990. The molecule has 0 bridgehead atoms. The molecule has 3 aromatic rings. The van der Waals surface area contributed by atoms with E-state index in [4.69, 9.17) is 9.59 Å². The van der Waals surface area contributed by atoms with E-state index in [2.05, 4.69) is 9.61 Å². The van der Waals surface area contributed by atoms with Crippen LogP contribution in [0.15, 0.2) is 126 Å². The van der Waals surface area contributed by atoms with Gasteiger partial charge >= 0.3 is 0 Å². The number of allylic oxidation sites excluding steroid dienone is 7. The van der Waals surface area contributed by atoms with Crippen molar-refractivity contribution in [2.45, 2.75) is 109 Å². The number of hydrogen-bond donors (Lipinski definition) is 5. The Labute approximate surface area is 394 Å². The minimum atomic E-state index is -4.52. The lowest BCUT2D eigenvalue weighted by Gasteiger charge is -2.24. The van der Waals surface area contributed by atoms with Crippen LogP contribution < -0.4 is 0 Å². The average Bonchev–Trinajstić information content (AvgIpc) is 3.77. The van der Waals surface area contributed by atoms with Crippen molar-refractivity contribution in [2.24, 2.45) is 0 Å². The molecule has 0 aromatic heterocycles.